The molecule has 3 nitrogen and oxygen atoms in total. The Labute approximate surface area is 112 Å². The second-order valence-electron chi connectivity index (χ2n) is 5.81. The Kier molecular flexibility index (Phi) is 2.63. The molecule has 0 aliphatic heterocycles. The van der Waals surface area contributed by atoms with Crippen molar-refractivity contribution in [3.8, 4) is 11.1 Å². The first-order valence-electron chi connectivity index (χ1n) is 6.44. The number of rotatable bonds is 1. The fraction of sp³-hybridized carbons (Fsp3) is 0.250. The zero-order chi connectivity index (χ0) is 13.5. The fourth-order valence-corrected chi connectivity index (χ4v) is 2.17. The molecule has 0 unspecified atom stereocenters. The maximum Gasteiger partial charge on any atom is 0.137 e. The van der Waals surface area contributed by atoms with Gasteiger partial charge in [0.05, 0.1) is 0 Å². The summed E-state index contributed by atoms with van der Waals surface area (Å²) in [5.41, 5.74) is 4.53. The van der Waals surface area contributed by atoms with Crippen molar-refractivity contribution in [3.63, 3.8) is 0 Å². The number of nitrogens with one attached hydrogen (secondary N) is 1. The van der Waals surface area contributed by atoms with Crippen LogP contribution in [0.25, 0.3) is 22.2 Å². The van der Waals surface area contributed by atoms with Crippen molar-refractivity contribution in [1.29, 1.82) is 0 Å². The third kappa shape index (κ3) is 2.12. The van der Waals surface area contributed by atoms with Crippen LogP contribution in [-0.4, -0.2) is 15.0 Å². The van der Waals surface area contributed by atoms with Gasteiger partial charge in [-0.3, -0.25) is 4.98 Å². The number of nitrogens with zero attached hydrogens (tertiary/aromatic N) is 2. The summed E-state index contributed by atoms with van der Waals surface area (Å²) in [4.78, 5) is 11.9. The molecule has 0 aliphatic carbocycles. The molecular formula is C16H17N3. The molecule has 0 aromatic carbocycles. The molecule has 3 aromatic heterocycles. The molecule has 0 saturated carbocycles. The number of aromatic nitrogens is 3. The highest BCUT2D eigenvalue weighted by Gasteiger charge is 2.16. The predicted octanol–water partition coefficient (Wildman–Crippen LogP) is 3.92. The van der Waals surface area contributed by atoms with Crippen LogP contribution in [0.2, 0.25) is 0 Å². The van der Waals surface area contributed by atoms with Gasteiger partial charge in [-0.05, 0) is 23.1 Å². The van der Waals surface area contributed by atoms with E-state index in [1.54, 1.807) is 6.20 Å². The van der Waals surface area contributed by atoms with E-state index >= 15 is 0 Å². The average Bonchev–Trinajstić information content (AvgIpc) is 2.81. The van der Waals surface area contributed by atoms with Gasteiger partial charge in [0.15, 0.2) is 0 Å². The molecule has 3 aromatic rings. The first-order chi connectivity index (χ1) is 9.05. The lowest BCUT2D eigenvalue weighted by Gasteiger charge is -2.18. The van der Waals surface area contributed by atoms with E-state index in [2.05, 4.69) is 47.9 Å². The summed E-state index contributed by atoms with van der Waals surface area (Å²) >= 11 is 0. The molecule has 0 amide bonds. The topological polar surface area (TPSA) is 41.6 Å². The van der Waals surface area contributed by atoms with Gasteiger partial charge in [-0.1, -0.05) is 26.8 Å². The molecule has 0 spiro atoms. The van der Waals surface area contributed by atoms with Gasteiger partial charge in [-0.25, -0.2) is 4.98 Å². The maximum absolute atomic E-state index is 4.52. The second kappa shape index (κ2) is 4.19. The first kappa shape index (κ1) is 11.9. The number of hydrogen-bond acceptors (Lipinski definition) is 2. The monoisotopic (exact) mass is 251 g/mol. The summed E-state index contributed by atoms with van der Waals surface area (Å²) in [7, 11) is 0. The lowest BCUT2D eigenvalue weighted by Crippen LogP contribution is -2.11. The Morgan fingerprint density at radius 1 is 1.16 bits per heavy atom. The summed E-state index contributed by atoms with van der Waals surface area (Å²) < 4.78 is 0. The number of H-pyrrole nitrogens is 1. The van der Waals surface area contributed by atoms with Crippen LogP contribution in [0.5, 0.6) is 0 Å². The summed E-state index contributed by atoms with van der Waals surface area (Å²) in [6.07, 6.45) is 7.62. The van der Waals surface area contributed by atoms with E-state index < -0.39 is 0 Å². The molecular weight excluding hydrogens is 234 g/mol. The van der Waals surface area contributed by atoms with Crippen LogP contribution in [-0.2, 0) is 5.41 Å². The van der Waals surface area contributed by atoms with E-state index in [0.29, 0.717) is 0 Å². The van der Waals surface area contributed by atoms with Crippen LogP contribution in [0.3, 0.4) is 0 Å². The number of pyridine rings is 2. The number of fused-ring (bicyclic) bond motifs is 1. The molecule has 0 aliphatic rings. The minimum atomic E-state index is 0.102. The van der Waals surface area contributed by atoms with E-state index in [4.69, 9.17) is 0 Å². The normalized spacial score (nSPS) is 11.9. The Balaban J connectivity index is 2.22. The zero-order valence-corrected chi connectivity index (χ0v) is 11.4. The van der Waals surface area contributed by atoms with Gasteiger partial charge in [0, 0.05) is 41.3 Å². The lowest BCUT2D eigenvalue weighted by molar-refractivity contribution is 0.588. The minimum absolute atomic E-state index is 0.102. The molecule has 0 radical (unpaired) electrons. The standard InChI is InChI=1S/C16H17N3/c1-16(2,3)12-7-13-14(10-19-15(13)18-9-12)11-5-4-6-17-8-11/h4-10H,1-3H3,(H,18,19). The molecule has 0 saturated heterocycles. The van der Waals surface area contributed by atoms with Gasteiger partial charge in [0.2, 0.25) is 0 Å². The summed E-state index contributed by atoms with van der Waals surface area (Å²) in [6.45, 7) is 6.60. The molecule has 0 bridgehead atoms. The summed E-state index contributed by atoms with van der Waals surface area (Å²) in [5, 5.41) is 1.15. The zero-order valence-electron chi connectivity index (χ0n) is 11.4. The third-order valence-corrected chi connectivity index (χ3v) is 3.37. The van der Waals surface area contributed by atoms with Gasteiger partial charge < -0.3 is 4.98 Å². The molecule has 1 N–H and O–H groups in total. The van der Waals surface area contributed by atoms with Crippen molar-refractivity contribution in [2.24, 2.45) is 0 Å². The van der Waals surface area contributed by atoms with Crippen molar-refractivity contribution in [1.82, 2.24) is 15.0 Å². The van der Waals surface area contributed by atoms with E-state index in [0.717, 1.165) is 22.2 Å². The van der Waals surface area contributed by atoms with Crippen molar-refractivity contribution in [3.05, 3.63) is 48.5 Å². The van der Waals surface area contributed by atoms with Crippen LogP contribution < -0.4 is 0 Å². The Morgan fingerprint density at radius 3 is 2.68 bits per heavy atom. The van der Waals surface area contributed by atoms with Gasteiger partial charge in [-0.15, -0.1) is 0 Å². The molecule has 0 atom stereocenters. The Bertz CT molecular complexity index is 706. The number of hydrogen-bond donors (Lipinski definition) is 1. The third-order valence-electron chi connectivity index (χ3n) is 3.37. The highest BCUT2D eigenvalue weighted by molar-refractivity contribution is 5.93. The Hall–Kier alpha value is -2.16. The molecule has 19 heavy (non-hydrogen) atoms. The van der Waals surface area contributed by atoms with Gasteiger partial charge in [-0.2, -0.15) is 0 Å². The molecule has 96 valence electrons. The first-order valence-corrected chi connectivity index (χ1v) is 6.44. The summed E-state index contributed by atoms with van der Waals surface area (Å²) in [6, 6.07) is 6.25. The van der Waals surface area contributed by atoms with Gasteiger partial charge in [0.25, 0.3) is 0 Å². The molecule has 0 fully saturated rings. The van der Waals surface area contributed by atoms with E-state index in [9.17, 15) is 0 Å². The van der Waals surface area contributed by atoms with Crippen LogP contribution in [0, 0.1) is 0 Å². The SMILES string of the molecule is CC(C)(C)c1cnc2[nH]cc(-c3cccnc3)c2c1. The van der Waals surface area contributed by atoms with Gasteiger partial charge in [0.1, 0.15) is 5.65 Å². The largest absolute Gasteiger partial charge is 0.346 e. The highest BCUT2D eigenvalue weighted by Crippen LogP contribution is 2.30. The van der Waals surface area contributed by atoms with Crippen molar-refractivity contribution >= 4 is 11.0 Å². The van der Waals surface area contributed by atoms with Crippen LogP contribution >= 0.6 is 0 Å². The highest BCUT2D eigenvalue weighted by atomic mass is 14.8. The lowest BCUT2D eigenvalue weighted by atomic mass is 9.87. The van der Waals surface area contributed by atoms with Crippen LogP contribution in [0.1, 0.15) is 26.3 Å². The average molecular weight is 251 g/mol. The van der Waals surface area contributed by atoms with Crippen molar-refractivity contribution in [2.75, 3.05) is 0 Å². The number of aromatic amines is 1. The van der Waals surface area contributed by atoms with Crippen molar-refractivity contribution < 1.29 is 0 Å². The minimum Gasteiger partial charge on any atom is -0.346 e. The smallest absolute Gasteiger partial charge is 0.137 e. The van der Waals surface area contributed by atoms with Gasteiger partial charge >= 0.3 is 0 Å². The fourth-order valence-electron chi connectivity index (χ4n) is 2.17. The van der Waals surface area contributed by atoms with E-state index in [-0.39, 0.29) is 5.41 Å². The summed E-state index contributed by atoms with van der Waals surface area (Å²) in [5.74, 6) is 0. The quantitative estimate of drug-likeness (QED) is 0.712. The van der Waals surface area contributed by atoms with Crippen LogP contribution in [0.15, 0.2) is 43.0 Å². The Morgan fingerprint density at radius 2 is 2.00 bits per heavy atom. The van der Waals surface area contributed by atoms with Crippen LogP contribution in [0.4, 0.5) is 0 Å². The van der Waals surface area contributed by atoms with Crippen molar-refractivity contribution in [2.45, 2.75) is 26.2 Å². The molecule has 3 rings (SSSR count). The molecule has 3 heterocycles. The maximum atomic E-state index is 4.52. The second-order valence-corrected chi connectivity index (χ2v) is 5.81. The van der Waals surface area contributed by atoms with E-state index in [1.165, 1.54) is 5.56 Å². The predicted molar refractivity (Wildman–Crippen MR) is 78.0 cm³/mol. The molecule has 3 heteroatoms. The van der Waals surface area contributed by atoms with E-state index in [1.807, 2.05) is 24.7 Å².